The molecule has 1 N–H and O–H groups in total. The highest BCUT2D eigenvalue weighted by atomic mass is 79.9. The molecule has 2 heteroatoms. The Morgan fingerprint density at radius 3 is 2.67 bits per heavy atom. The fourth-order valence-electron chi connectivity index (χ4n) is 1.87. The maximum Gasteiger partial charge on any atom is 0.0210 e. The molecule has 1 unspecified atom stereocenters. The molecule has 15 heavy (non-hydrogen) atoms. The SMILES string of the molecule is CCCCC(CNC)c1ccccc1Br. The van der Waals surface area contributed by atoms with Crippen molar-refractivity contribution in [2.45, 2.75) is 32.1 Å². The van der Waals surface area contributed by atoms with E-state index in [4.69, 9.17) is 0 Å². The summed E-state index contributed by atoms with van der Waals surface area (Å²) in [6.45, 7) is 3.30. The Kier molecular flexibility index (Phi) is 5.96. The van der Waals surface area contributed by atoms with E-state index in [-0.39, 0.29) is 0 Å². The number of nitrogens with one attached hydrogen (secondary N) is 1. The number of rotatable bonds is 6. The second-order valence-electron chi connectivity index (χ2n) is 3.92. The number of halogens is 1. The Hall–Kier alpha value is -0.340. The lowest BCUT2D eigenvalue weighted by Crippen LogP contribution is -2.17. The fraction of sp³-hybridized carbons (Fsp3) is 0.538. The minimum absolute atomic E-state index is 0.630. The van der Waals surface area contributed by atoms with Crippen LogP contribution in [-0.4, -0.2) is 13.6 Å². The number of benzene rings is 1. The van der Waals surface area contributed by atoms with Crippen molar-refractivity contribution in [1.82, 2.24) is 5.32 Å². The van der Waals surface area contributed by atoms with Crippen molar-refractivity contribution >= 4 is 15.9 Å². The molecule has 0 aliphatic rings. The molecule has 84 valence electrons. The molecule has 0 aliphatic heterocycles. The van der Waals surface area contributed by atoms with Gasteiger partial charge in [0, 0.05) is 11.0 Å². The normalized spacial score (nSPS) is 12.7. The summed E-state index contributed by atoms with van der Waals surface area (Å²) in [5.41, 5.74) is 1.43. The van der Waals surface area contributed by atoms with E-state index in [1.807, 2.05) is 7.05 Å². The van der Waals surface area contributed by atoms with Gasteiger partial charge in [-0.05, 0) is 31.0 Å². The minimum Gasteiger partial charge on any atom is -0.319 e. The van der Waals surface area contributed by atoms with E-state index >= 15 is 0 Å². The summed E-state index contributed by atoms with van der Waals surface area (Å²) in [5.74, 6) is 0.630. The second kappa shape index (κ2) is 7.02. The van der Waals surface area contributed by atoms with Crippen LogP contribution < -0.4 is 5.32 Å². The van der Waals surface area contributed by atoms with Crippen LogP contribution in [0.1, 0.15) is 37.7 Å². The molecule has 1 nitrogen and oxygen atoms in total. The number of hydrogen-bond donors (Lipinski definition) is 1. The largest absolute Gasteiger partial charge is 0.319 e. The summed E-state index contributed by atoms with van der Waals surface area (Å²) in [6.07, 6.45) is 3.83. The summed E-state index contributed by atoms with van der Waals surface area (Å²) in [4.78, 5) is 0. The summed E-state index contributed by atoms with van der Waals surface area (Å²) in [7, 11) is 2.02. The average Bonchev–Trinajstić information content (AvgIpc) is 2.25. The summed E-state index contributed by atoms with van der Waals surface area (Å²) in [6, 6.07) is 8.55. The summed E-state index contributed by atoms with van der Waals surface area (Å²) < 4.78 is 1.24. The Bertz CT molecular complexity index is 286. The lowest BCUT2D eigenvalue weighted by atomic mass is 9.93. The van der Waals surface area contributed by atoms with Gasteiger partial charge in [0.1, 0.15) is 0 Å². The standard InChI is InChI=1S/C13H20BrN/c1-3-4-7-11(10-15-2)12-8-5-6-9-13(12)14/h5-6,8-9,11,15H,3-4,7,10H2,1-2H3. The van der Waals surface area contributed by atoms with Gasteiger partial charge in [-0.1, -0.05) is 53.9 Å². The van der Waals surface area contributed by atoms with Gasteiger partial charge in [-0.2, -0.15) is 0 Å². The van der Waals surface area contributed by atoms with E-state index in [1.54, 1.807) is 0 Å². The van der Waals surface area contributed by atoms with Gasteiger partial charge in [0.25, 0.3) is 0 Å². The fourth-order valence-corrected chi connectivity index (χ4v) is 2.48. The average molecular weight is 270 g/mol. The molecule has 0 saturated heterocycles. The minimum atomic E-state index is 0.630. The quantitative estimate of drug-likeness (QED) is 0.825. The topological polar surface area (TPSA) is 12.0 Å². The van der Waals surface area contributed by atoms with Crippen molar-refractivity contribution in [2.75, 3.05) is 13.6 Å². The second-order valence-corrected chi connectivity index (χ2v) is 4.77. The molecule has 0 spiro atoms. The van der Waals surface area contributed by atoms with Crippen molar-refractivity contribution in [1.29, 1.82) is 0 Å². The first-order valence-corrected chi connectivity index (χ1v) is 6.48. The van der Waals surface area contributed by atoms with Gasteiger partial charge in [-0.3, -0.25) is 0 Å². The van der Waals surface area contributed by atoms with Crippen molar-refractivity contribution < 1.29 is 0 Å². The monoisotopic (exact) mass is 269 g/mol. The molecule has 0 aliphatic carbocycles. The molecule has 0 saturated carbocycles. The van der Waals surface area contributed by atoms with E-state index in [0.29, 0.717) is 5.92 Å². The molecule has 1 aromatic carbocycles. The zero-order valence-corrected chi connectivity index (χ0v) is 11.2. The van der Waals surface area contributed by atoms with Crippen LogP contribution in [0, 0.1) is 0 Å². The van der Waals surface area contributed by atoms with E-state index in [2.05, 4.69) is 52.4 Å². The molecule has 0 heterocycles. The third-order valence-electron chi connectivity index (χ3n) is 2.70. The number of unbranched alkanes of at least 4 members (excludes halogenated alkanes) is 1. The molecular formula is C13H20BrN. The van der Waals surface area contributed by atoms with Gasteiger partial charge in [0.2, 0.25) is 0 Å². The van der Waals surface area contributed by atoms with Crippen LogP contribution in [0.4, 0.5) is 0 Å². The first-order chi connectivity index (χ1) is 7.29. The molecule has 1 aromatic rings. The highest BCUT2D eigenvalue weighted by Gasteiger charge is 2.12. The van der Waals surface area contributed by atoms with Crippen LogP contribution in [0.25, 0.3) is 0 Å². The molecule has 0 fully saturated rings. The Labute approximate surface area is 101 Å². The third-order valence-corrected chi connectivity index (χ3v) is 3.42. The van der Waals surface area contributed by atoms with E-state index < -0.39 is 0 Å². The molecule has 0 amide bonds. The van der Waals surface area contributed by atoms with Crippen molar-refractivity contribution in [2.24, 2.45) is 0 Å². The van der Waals surface area contributed by atoms with E-state index in [1.165, 1.54) is 29.3 Å². The molecular weight excluding hydrogens is 250 g/mol. The molecule has 0 aromatic heterocycles. The Balaban J connectivity index is 2.74. The third kappa shape index (κ3) is 3.96. The van der Waals surface area contributed by atoms with E-state index in [0.717, 1.165) is 6.54 Å². The first-order valence-electron chi connectivity index (χ1n) is 5.68. The zero-order chi connectivity index (χ0) is 11.1. The summed E-state index contributed by atoms with van der Waals surface area (Å²) >= 11 is 3.63. The van der Waals surface area contributed by atoms with Crippen LogP contribution >= 0.6 is 15.9 Å². The van der Waals surface area contributed by atoms with Gasteiger partial charge in [-0.15, -0.1) is 0 Å². The van der Waals surface area contributed by atoms with Crippen LogP contribution in [0.2, 0.25) is 0 Å². The first kappa shape index (κ1) is 12.7. The lowest BCUT2D eigenvalue weighted by molar-refractivity contribution is 0.553. The predicted molar refractivity (Wildman–Crippen MR) is 70.3 cm³/mol. The van der Waals surface area contributed by atoms with Crippen LogP contribution in [0.15, 0.2) is 28.7 Å². The van der Waals surface area contributed by atoms with Gasteiger partial charge < -0.3 is 5.32 Å². The van der Waals surface area contributed by atoms with Gasteiger partial charge in [0.15, 0.2) is 0 Å². The van der Waals surface area contributed by atoms with Gasteiger partial charge in [0.05, 0.1) is 0 Å². The maximum absolute atomic E-state index is 3.63. The van der Waals surface area contributed by atoms with Crippen LogP contribution in [0.3, 0.4) is 0 Å². The van der Waals surface area contributed by atoms with Crippen molar-refractivity contribution in [3.05, 3.63) is 34.3 Å². The summed E-state index contributed by atoms with van der Waals surface area (Å²) in [5, 5.41) is 3.28. The molecule has 0 radical (unpaired) electrons. The number of likely N-dealkylation sites (N-methyl/N-ethyl adjacent to an activating group) is 1. The molecule has 1 atom stereocenters. The van der Waals surface area contributed by atoms with E-state index in [9.17, 15) is 0 Å². The van der Waals surface area contributed by atoms with Crippen LogP contribution in [0.5, 0.6) is 0 Å². The van der Waals surface area contributed by atoms with Crippen LogP contribution in [-0.2, 0) is 0 Å². The highest BCUT2D eigenvalue weighted by Crippen LogP contribution is 2.28. The molecule has 0 bridgehead atoms. The highest BCUT2D eigenvalue weighted by molar-refractivity contribution is 9.10. The van der Waals surface area contributed by atoms with Crippen molar-refractivity contribution in [3.63, 3.8) is 0 Å². The van der Waals surface area contributed by atoms with Gasteiger partial charge >= 0.3 is 0 Å². The maximum atomic E-state index is 3.63. The zero-order valence-electron chi connectivity index (χ0n) is 9.59. The number of hydrogen-bond acceptors (Lipinski definition) is 1. The Morgan fingerprint density at radius 2 is 2.07 bits per heavy atom. The van der Waals surface area contributed by atoms with Crippen molar-refractivity contribution in [3.8, 4) is 0 Å². The smallest absolute Gasteiger partial charge is 0.0210 e. The Morgan fingerprint density at radius 1 is 1.33 bits per heavy atom. The lowest BCUT2D eigenvalue weighted by Gasteiger charge is -2.18. The predicted octanol–water partition coefficient (Wildman–Crippen LogP) is 3.94. The van der Waals surface area contributed by atoms with Gasteiger partial charge in [-0.25, -0.2) is 0 Å². The molecule has 1 rings (SSSR count).